The Balaban J connectivity index is 1.42. The fourth-order valence-corrected chi connectivity index (χ4v) is 4.38. The Morgan fingerprint density at radius 2 is 2.08 bits per heavy atom. The van der Waals surface area contributed by atoms with Gasteiger partial charge in [-0.2, -0.15) is 10.2 Å². The van der Waals surface area contributed by atoms with E-state index in [1.165, 1.54) is 4.70 Å². The molecule has 26 heavy (non-hydrogen) atoms. The van der Waals surface area contributed by atoms with E-state index < -0.39 is 6.10 Å². The quantitative estimate of drug-likeness (QED) is 0.602. The second-order valence-corrected chi connectivity index (χ2v) is 7.46. The van der Waals surface area contributed by atoms with Crippen molar-refractivity contribution in [2.75, 3.05) is 11.4 Å². The molecule has 132 valence electrons. The third kappa shape index (κ3) is 2.49. The van der Waals surface area contributed by atoms with Crippen LogP contribution >= 0.6 is 11.3 Å². The molecule has 0 amide bonds. The Bertz CT molecular complexity index is 1050. The molecular formula is C18H18N6OS. The number of hydrogen-bond acceptors (Lipinski definition) is 6. The lowest BCUT2D eigenvalue weighted by atomic mass is 10.1. The minimum atomic E-state index is -0.767. The minimum Gasteiger partial charge on any atom is -0.380 e. The molecule has 0 saturated heterocycles. The van der Waals surface area contributed by atoms with Crippen LogP contribution in [0.5, 0.6) is 0 Å². The van der Waals surface area contributed by atoms with Crippen molar-refractivity contribution in [3.8, 4) is 0 Å². The number of aliphatic hydroxyl groups excluding tert-OH is 1. The monoisotopic (exact) mass is 366 g/mol. The molecule has 4 aromatic rings. The highest BCUT2D eigenvalue weighted by Gasteiger charge is 2.24. The summed E-state index contributed by atoms with van der Waals surface area (Å²) >= 11 is 1.72. The molecule has 0 saturated carbocycles. The number of anilines is 1. The predicted molar refractivity (Wildman–Crippen MR) is 100 cm³/mol. The van der Waals surface area contributed by atoms with Gasteiger partial charge in [0.15, 0.2) is 5.13 Å². The molecule has 0 aliphatic carbocycles. The molecule has 0 spiro atoms. The SMILES string of the molecule is Cn1nccc1C(O)c1cc2n(n1)CCN(c1nc3ccccc3s1)C2. The lowest BCUT2D eigenvalue weighted by Crippen LogP contribution is -2.33. The Hall–Kier alpha value is -2.71. The van der Waals surface area contributed by atoms with Gasteiger partial charge < -0.3 is 10.0 Å². The van der Waals surface area contributed by atoms with Crippen molar-refractivity contribution in [2.45, 2.75) is 19.2 Å². The highest BCUT2D eigenvalue weighted by molar-refractivity contribution is 7.22. The van der Waals surface area contributed by atoms with Gasteiger partial charge in [-0.15, -0.1) is 0 Å². The van der Waals surface area contributed by atoms with Crippen LogP contribution in [0.15, 0.2) is 42.6 Å². The molecule has 1 unspecified atom stereocenters. The van der Waals surface area contributed by atoms with Crippen molar-refractivity contribution in [1.82, 2.24) is 24.5 Å². The van der Waals surface area contributed by atoms with Crippen LogP contribution < -0.4 is 4.90 Å². The number of benzene rings is 1. The summed E-state index contributed by atoms with van der Waals surface area (Å²) in [5.74, 6) is 0. The van der Waals surface area contributed by atoms with Crippen molar-refractivity contribution in [3.05, 3.63) is 59.7 Å². The number of rotatable bonds is 3. The molecule has 8 heteroatoms. The second-order valence-electron chi connectivity index (χ2n) is 6.45. The molecule has 7 nitrogen and oxygen atoms in total. The van der Waals surface area contributed by atoms with Gasteiger partial charge in [-0.3, -0.25) is 9.36 Å². The van der Waals surface area contributed by atoms with Crippen LogP contribution in [0.3, 0.4) is 0 Å². The van der Waals surface area contributed by atoms with E-state index in [-0.39, 0.29) is 0 Å². The average Bonchev–Trinajstić information content (AvgIpc) is 3.37. The van der Waals surface area contributed by atoms with Crippen LogP contribution in [-0.2, 0) is 20.1 Å². The van der Waals surface area contributed by atoms with Crippen molar-refractivity contribution in [3.63, 3.8) is 0 Å². The lowest BCUT2D eigenvalue weighted by Gasteiger charge is -2.27. The Kier molecular flexibility index (Phi) is 3.54. The number of aromatic nitrogens is 5. The van der Waals surface area contributed by atoms with E-state index in [0.717, 1.165) is 41.7 Å². The summed E-state index contributed by atoms with van der Waals surface area (Å²) in [6.45, 7) is 2.38. The molecule has 1 aromatic carbocycles. The van der Waals surface area contributed by atoms with Gasteiger partial charge in [-0.25, -0.2) is 4.98 Å². The maximum Gasteiger partial charge on any atom is 0.186 e. The summed E-state index contributed by atoms with van der Waals surface area (Å²) in [5, 5.41) is 20.4. The Morgan fingerprint density at radius 1 is 1.19 bits per heavy atom. The number of fused-ring (bicyclic) bond motifs is 2. The summed E-state index contributed by atoms with van der Waals surface area (Å²) in [6, 6.07) is 12.0. The number of hydrogen-bond donors (Lipinski definition) is 1. The van der Waals surface area contributed by atoms with Gasteiger partial charge in [0.05, 0.1) is 40.4 Å². The van der Waals surface area contributed by atoms with Crippen LogP contribution in [0.2, 0.25) is 0 Å². The van der Waals surface area contributed by atoms with Crippen molar-refractivity contribution < 1.29 is 5.11 Å². The number of para-hydroxylation sites is 1. The molecule has 1 atom stereocenters. The zero-order valence-electron chi connectivity index (χ0n) is 14.3. The normalized spacial score (nSPS) is 15.4. The maximum absolute atomic E-state index is 10.6. The average molecular weight is 366 g/mol. The fourth-order valence-electron chi connectivity index (χ4n) is 3.38. The maximum atomic E-state index is 10.6. The largest absolute Gasteiger partial charge is 0.380 e. The van der Waals surface area contributed by atoms with Gasteiger partial charge in [-0.05, 0) is 24.3 Å². The number of nitrogens with zero attached hydrogens (tertiary/aromatic N) is 6. The van der Waals surface area contributed by atoms with E-state index in [4.69, 9.17) is 4.98 Å². The predicted octanol–water partition coefficient (Wildman–Crippen LogP) is 2.33. The van der Waals surface area contributed by atoms with Gasteiger partial charge in [0.25, 0.3) is 0 Å². The second kappa shape index (κ2) is 5.93. The van der Waals surface area contributed by atoms with E-state index in [1.54, 1.807) is 22.2 Å². The van der Waals surface area contributed by atoms with Gasteiger partial charge in [0.2, 0.25) is 0 Å². The first kappa shape index (κ1) is 15.5. The topological polar surface area (TPSA) is 72.0 Å². The Labute approximate surface area is 154 Å². The zero-order valence-corrected chi connectivity index (χ0v) is 15.1. The van der Waals surface area contributed by atoms with Crippen molar-refractivity contribution in [1.29, 1.82) is 0 Å². The van der Waals surface area contributed by atoms with E-state index in [9.17, 15) is 5.11 Å². The van der Waals surface area contributed by atoms with E-state index in [2.05, 4.69) is 21.2 Å². The van der Waals surface area contributed by atoms with Crippen LogP contribution in [0.1, 0.15) is 23.2 Å². The summed E-state index contributed by atoms with van der Waals surface area (Å²) in [7, 11) is 1.82. The molecule has 3 aromatic heterocycles. The van der Waals surface area contributed by atoms with Crippen molar-refractivity contribution >= 4 is 26.7 Å². The Morgan fingerprint density at radius 3 is 2.88 bits per heavy atom. The van der Waals surface area contributed by atoms with Gasteiger partial charge >= 0.3 is 0 Å². The molecule has 0 radical (unpaired) electrons. The molecule has 1 aliphatic rings. The minimum absolute atomic E-state index is 0.662. The van der Waals surface area contributed by atoms with Crippen LogP contribution in [-0.4, -0.2) is 36.2 Å². The molecule has 1 N–H and O–H groups in total. The summed E-state index contributed by atoms with van der Waals surface area (Å²) in [6.07, 6.45) is 0.917. The van der Waals surface area contributed by atoms with Gasteiger partial charge in [0, 0.05) is 19.8 Å². The number of aryl methyl sites for hydroxylation is 1. The smallest absolute Gasteiger partial charge is 0.186 e. The highest BCUT2D eigenvalue weighted by Crippen LogP contribution is 2.31. The highest BCUT2D eigenvalue weighted by atomic mass is 32.1. The van der Waals surface area contributed by atoms with Crippen molar-refractivity contribution in [2.24, 2.45) is 7.05 Å². The first-order valence-electron chi connectivity index (χ1n) is 8.52. The third-order valence-corrected chi connectivity index (χ3v) is 5.89. The van der Waals surface area contributed by atoms with Crippen LogP contribution in [0.25, 0.3) is 10.2 Å². The van der Waals surface area contributed by atoms with Crippen LogP contribution in [0, 0.1) is 0 Å². The first-order valence-corrected chi connectivity index (χ1v) is 9.34. The third-order valence-electron chi connectivity index (χ3n) is 4.79. The molecule has 0 fully saturated rings. The fraction of sp³-hybridized carbons (Fsp3) is 0.278. The standard InChI is InChI=1S/C18H18N6OS/c1-22-15(6-7-19-22)17(25)14-10-12-11-23(8-9-24(12)21-14)18-20-13-4-2-3-5-16(13)26-18/h2-7,10,17,25H,8-9,11H2,1H3. The van der Waals surface area contributed by atoms with Gasteiger partial charge in [0.1, 0.15) is 6.10 Å². The van der Waals surface area contributed by atoms with E-state index in [1.807, 2.05) is 42.1 Å². The molecule has 1 aliphatic heterocycles. The summed E-state index contributed by atoms with van der Waals surface area (Å²) in [5.41, 5.74) is 3.53. The molecule has 4 heterocycles. The van der Waals surface area contributed by atoms with E-state index >= 15 is 0 Å². The summed E-state index contributed by atoms with van der Waals surface area (Å²) < 4.78 is 4.86. The van der Waals surface area contributed by atoms with E-state index in [0.29, 0.717) is 5.69 Å². The number of aliphatic hydroxyl groups is 1. The number of thiazole rings is 1. The zero-order chi connectivity index (χ0) is 17.7. The lowest BCUT2D eigenvalue weighted by molar-refractivity contribution is 0.203. The first-order chi connectivity index (χ1) is 12.7. The molecule has 0 bridgehead atoms. The molecule has 5 rings (SSSR count). The summed E-state index contributed by atoms with van der Waals surface area (Å²) in [4.78, 5) is 7.04. The van der Waals surface area contributed by atoms with Gasteiger partial charge in [-0.1, -0.05) is 23.5 Å². The van der Waals surface area contributed by atoms with Crippen LogP contribution in [0.4, 0.5) is 5.13 Å². The molecular weight excluding hydrogens is 348 g/mol.